The minimum atomic E-state index is -3.75. The molecular formula is C31H41F2N5O5S. The zero-order valence-electron chi connectivity index (χ0n) is 25.7. The molecule has 44 heavy (non-hydrogen) atoms. The Balaban J connectivity index is 1.57. The van der Waals surface area contributed by atoms with E-state index in [1.54, 1.807) is 19.9 Å². The molecule has 13 heteroatoms. The molecule has 1 aromatic carbocycles. The first-order valence-electron chi connectivity index (χ1n) is 14.8. The van der Waals surface area contributed by atoms with Gasteiger partial charge in [0.2, 0.25) is 10.0 Å². The first kappa shape index (κ1) is 33.4. The van der Waals surface area contributed by atoms with Crippen molar-refractivity contribution >= 4 is 27.6 Å². The van der Waals surface area contributed by atoms with Crippen LogP contribution in [-0.2, 0) is 10.0 Å². The van der Waals surface area contributed by atoms with Crippen LogP contribution >= 0.6 is 0 Å². The van der Waals surface area contributed by atoms with E-state index in [9.17, 15) is 27.1 Å². The van der Waals surface area contributed by atoms with Gasteiger partial charge in [-0.15, -0.1) is 0 Å². The lowest BCUT2D eigenvalue weighted by Crippen LogP contribution is -2.50. The quantitative estimate of drug-likeness (QED) is 0.214. The van der Waals surface area contributed by atoms with Crippen molar-refractivity contribution in [2.75, 3.05) is 43.0 Å². The van der Waals surface area contributed by atoms with E-state index in [-0.39, 0.29) is 36.3 Å². The number of aliphatic hydroxyl groups excluding tert-OH is 1. The molecule has 2 aliphatic rings. The second kappa shape index (κ2) is 14.1. The fraction of sp³-hybridized carbons (Fsp3) is 0.548. The van der Waals surface area contributed by atoms with E-state index in [1.807, 2.05) is 11.9 Å². The monoisotopic (exact) mass is 633 g/mol. The van der Waals surface area contributed by atoms with Crippen LogP contribution in [0.25, 0.3) is 0 Å². The van der Waals surface area contributed by atoms with E-state index >= 15 is 0 Å². The van der Waals surface area contributed by atoms with E-state index in [2.05, 4.69) is 34.4 Å². The lowest BCUT2D eigenvalue weighted by Gasteiger charge is -2.26. The number of benzene rings is 1. The Kier molecular flexibility index (Phi) is 10.7. The molecular weight excluding hydrogens is 592 g/mol. The maximum Gasteiger partial charge on any atom is 0.251 e. The molecule has 0 radical (unpaired) electrons. The van der Waals surface area contributed by atoms with Crippen molar-refractivity contribution in [1.29, 1.82) is 0 Å². The van der Waals surface area contributed by atoms with Crippen LogP contribution in [0.1, 0.15) is 50.4 Å². The van der Waals surface area contributed by atoms with Gasteiger partial charge in [-0.25, -0.2) is 22.2 Å². The second-order valence-corrected chi connectivity index (χ2v) is 14.3. The predicted molar refractivity (Wildman–Crippen MR) is 165 cm³/mol. The molecule has 1 heterocycles. The lowest BCUT2D eigenvalue weighted by atomic mass is 10.1. The van der Waals surface area contributed by atoms with Gasteiger partial charge < -0.3 is 25.4 Å². The van der Waals surface area contributed by atoms with Gasteiger partial charge in [-0.1, -0.05) is 18.8 Å². The van der Waals surface area contributed by atoms with Gasteiger partial charge in [0.1, 0.15) is 35.6 Å². The number of pyridine rings is 1. The maximum absolute atomic E-state index is 13.7. The van der Waals surface area contributed by atoms with Gasteiger partial charge in [-0.05, 0) is 51.2 Å². The largest absolute Gasteiger partial charge is 0.491 e. The van der Waals surface area contributed by atoms with Gasteiger partial charge in [0.15, 0.2) is 0 Å². The highest BCUT2D eigenvalue weighted by molar-refractivity contribution is 7.93. The molecule has 1 aromatic heterocycles. The van der Waals surface area contributed by atoms with Crippen LogP contribution in [0.5, 0.6) is 5.75 Å². The molecule has 240 valence electrons. The third-order valence-corrected chi connectivity index (χ3v) is 9.93. The number of aliphatic hydroxyl groups is 1. The number of aromatic nitrogens is 1. The van der Waals surface area contributed by atoms with Gasteiger partial charge in [-0.3, -0.25) is 9.10 Å². The molecule has 2 aliphatic carbocycles. The molecule has 2 saturated carbocycles. The van der Waals surface area contributed by atoms with Crippen LogP contribution in [0.2, 0.25) is 0 Å². The highest BCUT2D eigenvalue weighted by atomic mass is 32.2. The highest BCUT2D eigenvalue weighted by Gasteiger charge is 2.37. The summed E-state index contributed by atoms with van der Waals surface area (Å²) in [5, 5.41) is 16.1. The van der Waals surface area contributed by atoms with Crippen molar-refractivity contribution in [3.63, 3.8) is 0 Å². The van der Waals surface area contributed by atoms with E-state index in [4.69, 9.17) is 4.74 Å². The standard InChI is InChI=1S/C31H41F2N5O5S/c1-19(2)44(41,42)38(5)30-13-22(12-29(36-30)37(4)27-11-20(27)3)31(40)35-26(18-43-25-15-23(32)14-24(33)16-25)28(39)17-34-10-6-7-21-8-9-21/h12-16,19-21,26-28,34,39H,8-11,17-18H2,1-5H3,(H,35,40)/t20-,26?,27-,28+/m0/s1. The average molecular weight is 634 g/mol. The summed E-state index contributed by atoms with van der Waals surface area (Å²) in [6, 6.07) is 4.84. The Hall–Kier alpha value is -3.47. The fourth-order valence-corrected chi connectivity index (χ4v) is 5.57. The smallest absolute Gasteiger partial charge is 0.251 e. The molecule has 2 aromatic rings. The van der Waals surface area contributed by atoms with Crippen molar-refractivity contribution in [1.82, 2.24) is 15.6 Å². The Bertz CT molecular complexity index is 1490. The Morgan fingerprint density at radius 3 is 2.36 bits per heavy atom. The van der Waals surface area contributed by atoms with Crippen LogP contribution in [0.3, 0.4) is 0 Å². The van der Waals surface area contributed by atoms with Crippen molar-refractivity contribution in [3.8, 4) is 17.6 Å². The number of hydrogen-bond donors (Lipinski definition) is 3. The molecule has 0 aliphatic heterocycles. The summed E-state index contributed by atoms with van der Waals surface area (Å²) in [6.45, 7) is 5.29. The average Bonchev–Trinajstić information content (AvgIpc) is 3.91. The van der Waals surface area contributed by atoms with E-state index in [1.165, 1.54) is 13.1 Å². The maximum atomic E-state index is 13.7. The van der Waals surface area contributed by atoms with Crippen LogP contribution in [-0.4, -0.2) is 81.6 Å². The second-order valence-electron chi connectivity index (χ2n) is 11.8. The normalized spacial score (nSPS) is 19.0. The number of nitrogens with one attached hydrogen (secondary N) is 2. The number of nitrogens with zero attached hydrogens (tertiary/aromatic N) is 3. The minimum Gasteiger partial charge on any atom is -0.491 e. The number of anilines is 2. The minimum absolute atomic E-state index is 0.0513. The first-order chi connectivity index (χ1) is 20.8. The number of rotatable bonds is 14. The topological polar surface area (TPSA) is 124 Å². The summed E-state index contributed by atoms with van der Waals surface area (Å²) < 4.78 is 60.1. The number of ether oxygens (including phenoxy) is 1. The summed E-state index contributed by atoms with van der Waals surface area (Å²) in [7, 11) is -0.519. The number of carbonyl (C=O) groups excluding carboxylic acids is 1. The summed E-state index contributed by atoms with van der Waals surface area (Å²) in [5.41, 5.74) is 0.119. The zero-order valence-corrected chi connectivity index (χ0v) is 26.5. The predicted octanol–water partition coefficient (Wildman–Crippen LogP) is 2.92. The molecule has 4 atom stereocenters. The van der Waals surface area contributed by atoms with E-state index in [0.29, 0.717) is 30.3 Å². The summed E-state index contributed by atoms with van der Waals surface area (Å²) in [5.74, 6) is 5.09. The number of sulfonamides is 1. The number of carbonyl (C=O) groups is 1. The van der Waals surface area contributed by atoms with Gasteiger partial charge in [0.05, 0.1) is 23.9 Å². The Labute approximate surface area is 258 Å². The van der Waals surface area contributed by atoms with E-state index in [0.717, 1.165) is 35.7 Å². The molecule has 0 spiro atoms. The molecule has 0 saturated heterocycles. The van der Waals surface area contributed by atoms with Crippen molar-refractivity contribution in [3.05, 3.63) is 47.5 Å². The van der Waals surface area contributed by atoms with Crippen LogP contribution < -0.4 is 24.6 Å². The highest BCUT2D eigenvalue weighted by Crippen LogP contribution is 2.37. The molecule has 4 rings (SSSR count). The Morgan fingerprint density at radius 2 is 1.77 bits per heavy atom. The van der Waals surface area contributed by atoms with Crippen LogP contribution in [0.4, 0.5) is 20.4 Å². The zero-order chi connectivity index (χ0) is 32.2. The molecule has 2 fully saturated rings. The number of hydrogen-bond acceptors (Lipinski definition) is 8. The van der Waals surface area contributed by atoms with Crippen molar-refractivity contribution < 1.29 is 31.8 Å². The van der Waals surface area contributed by atoms with Gasteiger partial charge in [0.25, 0.3) is 5.91 Å². The third-order valence-electron chi connectivity index (χ3n) is 7.78. The van der Waals surface area contributed by atoms with Crippen molar-refractivity contribution in [2.24, 2.45) is 11.8 Å². The Morgan fingerprint density at radius 1 is 1.14 bits per heavy atom. The molecule has 10 nitrogen and oxygen atoms in total. The third kappa shape index (κ3) is 8.80. The summed E-state index contributed by atoms with van der Waals surface area (Å²) >= 11 is 0. The molecule has 0 bridgehead atoms. The SMILES string of the molecule is CC(C)S(=O)(=O)N(C)c1cc(C(=O)NC(COc2cc(F)cc(F)c2)[C@H](O)CNCC#CC2CC2)cc(N(C)[C@H]2C[C@@H]2C)n1. The summed E-state index contributed by atoms with van der Waals surface area (Å²) in [4.78, 5) is 20.1. The van der Waals surface area contributed by atoms with Crippen molar-refractivity contribution in [2.45, 2.75) is 63.5 Å². The molecule has 3 N–H and O–H groups in total. The number of halogens is 2. The summed E-state index contributed by atoms with van der Waals surface area (Å²) in [6.07, 6.45) is 1.96. The molecule has 1 unspecified atom stereocenters. The first-order valence-corrected chi connectivity index (χ1v) is 16.3. The van der Waals surface area contributed by atoms with Crippen LogP contribution in [0, 0.1) is 35.3 Å². The number of amides is 1. The van der Waals surface area contributed by atoms with E-state index < -0.39 is 45.0 Å². The molecule has 1 amide bonds. The lowest BCUT2D eigenvalue weighted by molar-refractivity contribution is 0.0737. The van der Waals surface area contributed by atoms with Gasteiger partial charge in [0, 0.05) is 56.4 Å². The van der Waals surface area contributed by atoms with Gasteiger partial charge in [-0.2, -0.15) is 0 Å². The fourth-order valence-electron chi connectivity index (χ4n) is 4.58. The van der Waals surface area contributed by atoms with Gasteiger partial charge >= 0.3 is 0 Å². The van der Waals surface area contributed by atoms with Crippen LogP contribution in [0.15, 0.2) is 30.3 Å².